The first-order chi connectivity index (χ1) is 32.5. The fraction of sp³-hybridized carbons (Fsp3) is 0.438. The van der Waals surface area contributed by atoms with Crippen LogP contribution in [0.1, 0.15) is 180 Å². The monoisotopic (exact) mass is 1080 g/mol. The molecule has 0 aliphatic heterocycles. The number of rotatable bonds is 0. The summed E-state index contributed by atoms with van der Waals surface area (Å²) in [6.45, 7) is 46.0. The van der Waals surface area contributed by atoms with E-state index in [4.69, 9.17) is 58.0 Å². The fourth-order valence-electron chi connectivity index (χ4n) is 8.57. The highest BCUT2D eigenvalue weighted by Gasteiger charge is 2.24. The lowest BCUT2D eigenvalue weighted by Crippen LogP contribution is -2.15. The van der Waals surface area contributed by atoms with E-state index in [1.54, 1.807) is 39.0 Å². The van der Waals surface area contributed by atoms with Gasteiger partial charge in [-0.1, -0.05) is 243 Å². The average Bonchev–Trinajstić information content (AvgIpc) is 3.16. The van der Waals surface area contributed by atoms with Crippen LogP contribution < -0.4 is 0 Å². The van der Waals surface area contributed by atoms with Crippen molar-refractivity contribution in [2.75, 3.05) is 0 Å². The number of hydrogen-bond acceptors (Lipinski definition) is 0. The molecule has 0 N–H and O–H groups in total. The van der Waals surface area contributed by atoms with Crippen molar-refractivity contribution in [2.45, 2.75) is 185 Å². The first-order valence-corrected chi connectivity index (χ1v) is 26.4. The highest BCUT2D eigenvalue weighted by Crippen LogP contribution is 2.35. The highest BCUT2D eigenvalue weighted by atomic mass is 35.5. The summed E-state index contributed by atoms with van der Waals surface area (Å²) in [6.07, 6.45) is 0. The number of hydrogen-bond donors (Lipinski definition) is 0. The van der Waals surface area contributed by atoms with Crippen molar-refractivity contribution < 1.29 is 13.2 Å². The third-order valence-corrected chi connectivity index (χ3v) is 12.8. The van der Waals surface area contributed by atoms with Gasteiger partial charge in [0.15, 0.2) is 0 Å². The number of aryl methyl sites for hydroxylation is 4. The van der Waals surface area contributed by atoms with Gasteiger partial charge in [0.05, 0.1) is 0 Å². The first-order valence-electron chi connectivity index (χ1n) is 24.5. The molecule has 0 saturated carbocycles. The minimum atomic E-state index is -0.477. The molecular weight excluding hydrogens is 1000 g/mol. The summed E-state index contributed by atoms with van der Waals surface area (Å²) >= 11 is 29.7. The van der Waals surface area contributed by atoms with Crippen LogP contribution in [0.25, 0.3) is 0 Å². The lowest BCUT2D eigenvalue weighted by atomic mass is 9.81. The standard InChI is InChI=1S/C12H18.C11H15Cl.C11H15F.2C10H12Cl2.C10H12F2/c1-9-7-6-8-10(2)11(9)12(3,4)5;2*1-8-6-5-7-9(12)10(8)11(2,3)4;2*1-10(2,3)8-5-4-7(11)6-9(8)12;1-10(2,3)9-7(11)5-4-6-8(9)12/h6-8H,1-5H3;2*5-7H,1-4H3;3*4-6H,1-3H3. The molecule has 0 bridgehead atoms. The Morgan fingerprint density at radius 1 is 0.278 bits per heavy atom. The normalized spacial score (nSPS) is 11.8. The van der Waals surface area contributed by atoms with E-state index < -0.39 is 17.0 Å². The minimum absolute atomic E-state index is 0.0850. The molecule has 8 heteroatoms. The Bertz CT molecular complexity index is 2270. The Balaban J connectivity index is 0.000000432. The van der Waals surface area contributed by atoms with E-state index in [0.717, 1.165) is 37.3 Å². The molecule has 0 spiro atoms. The summed E-state index contributed by atoms with van der Waals surface area (Å²) in [4.78, 5) is 0. The molecule has 0 aliphatic rings. The van der Waals surface area contributed by atoms with Gasteiger partial charge >= 0.3 is 0 Å². The van der Waals surface area contributed by atoms with Crippen molar-refractivity contribution in [1.29, 1.82) is 0 Å². The number of benzene rings is 6. The molecule has 6 aromatic carbocycles. The van der Waals surface area contributed by atoms with Gasteiger partial charge in [0, 0.05) is 30.7 Å². The minimum Gasteiger partial charge on any atom is -0.207 e. The van der Waals surface area contributed by atoms with Crippen LogP contribution in [-0.2, 0) is 32.5 Å². The topological polar surface area (TPSA) is 0 Å². The summed E-state index contributed by atoms with van der Waals surface area (Å²) in [6, 6.07) is 33.0. The van der Waals surface area contributed by atoms with E-state index >= 15 is 0 Å². The maximum absolute atomic E-state index is 13.3. The van der Waals surface area contributed by atoms with E-state index in [2.05, 4.69) is 128 Å². The van der Waals surface area contributed by atoms with Crippen LogP contribution in [0.2, 0.25) is 25.1 Å². The van der Waals surface area contributed by atoms with Crippen LogP contribution >= 0.6 is 58.0 Å². The summed E-state index contributed by atoms with van der Waals surface area (Å²) in [5, 5.41) is 3.74. The Morgan fingerprint density at radius 2 is 0.542 bits per heavy atom. The zero-order chi connectivity index (χ0) is 56.1. The van der Waals surface area contributed by atoms with Crippen LogP contribution in [0.3, 0.4) is 0 Å². The largest absolute Gasteiger partial charge is 0.207 e. The first kappa shape index (κ1) is 66.6. The van der Waals surface area contributed by atoms with Crippen LogP contribution in [-0.4, -0.2) is 0 Å². The second-order valence-corrected chi connectivity index (χ2v) is 26.6. The van der Waals surface area contributed by atoms with E-state index in [1.807, 2.05) is 70.2 Å². The predicted octanol–water partition coefficient (Wildman–Crippen LogP) is 22.8. The van der Waals surface area contributed by atoms with E-state index in [-0.39, 0.29) is 38.5 Å². The molecule has 0 aliphatic carbocycles. The van der Waals surface area contributed by atoms with E-state index in [9.17, 15) is 13.2 Å². The second-order valence-electron chi connectivity index (χ2n) is 24.5. The SMILES string of the molecule is CC(C)(C)c1c(F)cccc1F.CC(C)(C)c1ccc(Cl)cc1Cl.CC(C)(C)c1ccc(Cl)cc1Cl.Cc1cccc(C)c1C(C)(C)C.Cc1cccc(Cl)c1C(C)(C)C.Cc1cccc(F)c1C(C)(C)C. The summed E-state index contributed by atoms with van der Waals surface area (Å²) in [7, 11) is 0. The van der Waals surface area contributed by atoms with Gasteiger partial charge in [-0.15, -0.1) is 0 Å². The quantitative estimate of drug-likeness (QED) is 0.142. The van der Waals surface area contributed by atoms with Crippen molar-refractivity contribution in [2.24, 2.45) is 0 Å². The van der Waals surface area contributed by atoms with Crippen LogP contribution in [0.4, 0.5) is 13.2 Å². The van der Waals surface area contributed by atoms with Gasteiger partial charge in [0.2, 0.25) is 0 Å². The van der Waals surface area contributed by atoms with E-state index in [0.29, 0.717) is 10.0 Å². The zero-order valence-electron chi connectivity index (χ0n) is 47.4. The van der Waals surface area contributed by atoms with Gasteiger partial charge < -0.3 is 0 Å². The van der Waals surface area contributed by atoms with Crippen LogP contribution in [0.15, 0.2) is 109 Å². The maximum atomic E-state index is 13.3. The summed E-state index contributed by atoms with van der Waals surface area (Å²) in [5.74, 6) is -1.03. The molecule has 396 valence electrons. The van der Waals surface area contributed by atoms with E-state index in [1.165, 1.54) is 52.1 Å². The van der Waals surface area contributed by atoms with Gasteiger partial charge in [-0.3, -0.25) is 0 Å². The predicted molar refractivity (Wildman–Crippen MR) is 315 cm³/mol. The van der Waals surface area contributed by atoms with Gasteiger partial charge in [-0.2, -0.15) is 0 Å². The molecular formula is C64H84Cl5F3. The Labute approximate surface area is 460 Å². The lowest BCUT2D eigenvalue weighted by molar-refractivity contribution is 0.475. The third kappa shape index (κ3) is 21.8. The van der Waals surface area contributed by atoms with Crippen molar-refractivity contribution >= 4 is 58.0 Å². The van der Waals surface area contributed by atoms with Gasteiger partial charge in [-0.05, 0) is 159 Å². The molecule has 0 fully saturated rings. The van der Waals surface area contributed by atoms with Crippen molar-refractivity contribution in [3.05, 3.63) is 207 Å². The number of halogens is 8. The highest BCUT2D eigenvalue weighted by molar-refractivity contribution is 6.35. The molecule has 6 aromatic rings. The van der Waals surface area contributed by atoms with Gasteiger partial charge in [0.25, 0.3) is 0 Å². The summed E-state index contributed by atoms with van der Waals surface area (Å²) < 4.78 is 39.6. The smallest absolute Gasteiger partial charge is 0.129 e. The van der Waals surface area contributed by atoms with Gasteiger partial charge in [0.1, 0.15) is 17.5 Å². The van der Waals surface area contributed by atoms with Crippen molar-refractivity contribution in [1.82, 2.24) is 0 Å². The Morgan fingerprint density at radius 3 is 0.764 bits per heavy atom. The van der Waals surface area contributed by atoms with Crippen molar-refractivity contribution in [3.63, 3.8) is 0 Å². The second kappa shape index (κ2) is 27.4. The molecule has 72 heavy (non-hydrogen) atoms. The zero-order valence-corrected chi connectivity index (χ0v) is 51.2. The molecule has 6 rings (SSSR count). The molecule has 0 aromatic heterocycles. The third-order valence-electron chi connectivity index (χ3n) is 11.4. The molecule has 0 nitrogen and oxygen atoms in total. The molecule has 0 radical (unpaired) electrons. The molecule has 0 saturated heterocycles. The fourth-order valence-corrected chi connectivity index (χ4v) is 10.5. The summed E-state index contributed by atoms with van der Waals surface area (Å²) in [5.41, 5.74) is 11.1. The molecule has 0 amide bonds. The Hall–Kier alpha value is -3.44. The maximum Gasteiger partial charge on any atom is 0.129 e. The van der Waals surface area contributed by atoms with Crippen LogP contribution in [0, 0.1) is 45.1 Å². The molecule has 0 atom stereocenters. The average molecular weight is 1090 g/mol. The van der Waals surface area contributed by atoms with Gasteiger partial charge in [-0.25, -0.2) is 13.2 Å². The molecule has 0 heterocycles. The van der Waals surface area contributed by atoms with Crippen molar-refractivity contribution in [3.8, 4) is 0 Å². The Kier molecular flexibility index (Phi) is 25.3. The molecule has 0 unspecified atom stereocenters. The lowest BCUT2D eigenvalue weighted by Gasteiger charge is -2.23. The van der Waals surface area contributed by atoms with Crippen LogP contribution in [0.5, 0.6) is 0 Å².